The quantitative estimate of drug-likeness (QED) is 0.564. The third kappa shape index (κ3) is 4.64. The Labute approximate surface area is 205 Å². The van der Waals surface area contributed by atoms with Gasteiger partial charge in [-0.05, 0) is 40.5 Å². The Morgan fingerprint density at radius 2 is 1.63 bits per heavy atom. The molecule has 5 rings (SSSR count). The van der Waals surface area contributed by atoms with E-state index in [1.807, 2.05) is 24.3 Å². The fourth-order valence-electron chi connectivity index (χ4n) is 5.92. The first kappa shape index (κ1) is 23.4. The zero-order valence-electron chi connectivity index (χ0n) is 20.0. The maximum absolute atomic E-state index is 12.9. The Bertz CT molecular complexity index is 1070. The predicted molar refractivity (Wildman–Crippen MR) is 131 cm³/mol. The number of carbonyl (C=O) groups excluding carboxylic acids is 2. The van der Waals surface area contributed by atoms with Crippen molar-refractivity contribution in [3.63, 3.8) is 0 Å². The van der Waals surface area contributed by atoms with Crippen LogP contribution in [-0.4, -0.2) is 53.7 Å². The topological polar surface area (TPSA) is 95.9 Å². The first-order valence-corrected chi connectivity index (χ1v) is 12.6. The fourth-order valence-corrected chi connectivity index (χ4v) is 5.92. The minimum absolute atomic E-state index is 0.0117. The van der Waals surface area contributed by atoms with Gasteiger partial charge in [0.2, 0.25) is 5.91 Å². The van der Waals surface area contributed by atoms with Crippen molar-refractivity contribution >= 4 is 18.0 Å². The summed E-state index contributed by atoms with van der Waals surface area (Å²) in [7, 11) is 0. The molecule has 2 aromatic rings. The van der Waals surface area contributed by atoms with E-state index in [0.29, 0.717) is 19.5 Å². The molecule has 1 saturated carbocycles. The second kappa shape index (κ2) is 9.72. The maximum atomic E-state index is 12.9. The highest BCUT2D eigenvalue weighted by Crippen LogP contribution is 2.51. The van der Waals surface area contributed by atoms with Gasteiger partial charge in [0.05, 0.1) is 5.92 Å². The molecule has 3 aliphatic rings. The second-order valence-corrected chi connectivity index (χ2v) is 10.0. The van der Waals surface area contributed by atoms with Gasteiger partial charge in [-0.1, -0.05) is 68.3 Å². The summed E-state index contributed by atoms with van der Waals surface area (Å²) in [6.07, 6.45) is 2.27. The molecule has 7 heteroatoms. The molecule has 1 saturated heterocycles. The number of hydrogen-bond acceptors (Lipinski definition) is 4. The highest BCUT2D eigenvalue weighted by Gasteiger charge is 2.60. The molecule has 2 N–H and O–H groups in total. The predicted octanol–water partition coefficient (Wildman–Crippen LogP) is 4.26. The number of amides is 2. The molecule has 0 radical (unpaired) electrons. The van der Waals surface area contributed by atoms with Crippen LogP contribution in [0.15, 0.2) is 48.5 Å². The van der Waals surface area contributed by atoms with Crippen LogP contribution in [0, 0.1) is 17.8 Å². The Kier molecular flexibility index (Phi) is 6.50. The molecule has 0 spiro atoms. The number of alkyl carbamates (subject to hydrolysis) is 1. The third-order valence-electron chi connectivity index (χ3n) is 7.82. The van der Waals surface area contributed by atoms with Crippen molar-refractivity contribution in [2.24, 2.45) is 17.8 Å². The largest absolute Gasteiger partial charge is 0.481 e. The van der Waals surface area contributed by atoms with E-state index in [1.54, 1.807) is 4.90 Å². The van der Waals surface area contributed by atoms with Gasteiger partial charge < -0.3 is 20.1 Å². The number of nitrogens with zero attached hydrogens (tertiary/aromatic N) is 1. The van der Waals surface area contributed by atoms with Crippen LogP contribution in [0.3, 0.4) is 0 Å². The molecule has 2 fully saturated rings. The van der Waals surface area contributed by atoms with Gasteiger partial charge in [-0.25, -0.2) is 4.79 Å². The number of carbonyl (C=O) groups is 3. The van der Waals surface area contributed by atoms with Gasteiger partial charge in [-0.3, -0.25) is 9.59 Å². The molecule has 2 amide bonds. The lowest BCUT2D eigenvalue weighted by atomic mass is 9.98. The summed E-state index contributed by atoms with van der Waals surface area (Å²) in [5.41, 5.74) is 4.67. The number of piperidine rings is 1. The monoisotopic (exact) mass is 476 g/mol. The van der Waals surface area contributed by atoms with Gasteiger partial charge in [0.15, 0.2) is 0 Å². The number of ether oxygens (including phenoxy) is 1. The summed E-state index contributed by atoms with van der Waals surface area (Å²) in [5, 5.41) is 12.1. The van der Waals surface area contributed by atoms with Gasteiger partial charge in [-0.2, -0.15) is 0 Å². The molecule has 0 aromatic heterocycles. The van der Waals surface area contributed by atoms with Crippen LogP contribution in [-0.2, 0) is 14.3 Å². The molecule has 184 valence electrons. The van der Waals surface area contributed by atoms with E-state index < -0.39 is 12.1 Å². The van der Waals surface area contributed by atoms with Crippen LogP contribution in [0.1, 0.15) is 49.7 Å². The molecule has 7 nitrogen and oxygen atoms in total. The highest BCUT2D eigenvalue weighted by atomic mass is 16.5. The van der Waals surface area contributed by atoms with Crippen molar-refractivity contribution in [3.8, 4) is 11.1 Å². The van der Waals surface area contributed by atoms with Crippen molar-refractivity contribution < 1.29 is 24.2 Å². The zero-order chi connectivity index (χ0) is 24.5. The average Bonchev–Trinajstić information content (AvgIpc) is 3.20. The summed E-state index contributed by atoms with van der Waals surface area (Å²) in [4.78, 5) is 38.6. The van der Waals surface area contributed by atoms with Crippen LogP contribution >= 0.6 is 0 Å². The van der Waals surface area contributed by atoms with Gasteiger partial charge in [0, 0.05) is 31.5 Å². The number of aliphatic carboxylic acids is 1. The Morgan fingerprint density at radius 1 is 1.03 bits per heavy atom. The lowest BCUT2D eigenvalue weighted by Crippen LogP contribution is -2.41. The number of nitrogens with one attached hydrogen (secondary N) is 1. The first-order chi connectivity index (χ1) is 17.0. The maximum Gasteiger partial charge on any atom is 0.407 e. The standard InChI is InChI=1S/C28H32N2O5/c1-2-3-8-17(13-25(31)30-14-22-23(15-30)26(22)27(32)33)29-28(34)35-16-24-20-11-6-4-9-18(20)19-10-5-7-12-21(19)24/h4-7,9-12,17,22-24,26H,2-3,8,13-16H2,1H3,(H,29,34)(H,32,33)/t17-,22?,23?,26?/m0/s1. The van der Waals surface area contributed by atoms with Crippen molar-refractivity contribution in [2.45, 2.75) is 44.6 Å². The lowest BCUT2D eigenvalue weighted by Gasteiger charge is -2.24. The molecule has 2 unspecified atom stereocenters. The third-order valence-corrected chi connectivity index (χ3v) is 7.82. The summed E-state index contributed by atoms with van der Waals surface area (Å²) < 4.78 is 5.68. The zero-order valence-corrected chi connectivity index (χ0v) is 20.0. The first-order valence-electron chi connectivity index (χ1n) is 12.6. The van der Waals surface area contributed by atoms with Crippen LogP contribution < -0.4 is 5.32 Å². The van der Waals surface area contributed by atoms with Crippen molar-refractivity contribution in [2.75, 3.05) is 19.7 Å². The lowest BCUT2D eigenvalue weighted by molar-refractivity contribution is -0.141. The van der Waals surface area contributed by atoms with Crippen LogP contribution in [0.5, 0.6) is 0 Å². The molecule has 0 bridgehead atoms. The molecule has 3 atom stereocenters. The number of unbranched alkanes of at least 4 members (excludes halogenated alkanes) is 1. The Morgan fingerprint density at radius 3 is 2.20 bits per heavy atom. The Balaban J connectivity index is 1.17. The molecular weight excluding hydrogens is 444 g/mol. The highest BCUT2D eigenvalue weighted by molar-refractivity contribution is 5.81. The van der Waals surface area contributed by atoms with E-state index in [0.717, 1.165) is 24.0 Å². The molecular formula is C28H32N2O5. The normalized spacial score (nSPS) is 22.7. The minimum Gasteiger partial charge on any atom is -0.481 e. The summed E-state index contributed by atoms with van der Waals surface area (Å²) >= 11 is 0. The fraction of sp³-hybridized carbons (Fsp3) is 0.464. The number of carboxylic acid groups (broad SMARTS) is 1. The van der Waals surface area contributed by atoms with Gasteiger partial charge in [-0.15, -0.1) is 0 Å². The number of likely N-dealkylation sites (tertiary alicyclic amines) is 1. The van der Waals surface area contributed by atoms with Gasteiger partial charge >= 0.3 is 12.1 Å². The molecule has 1 heterocycles. The number of carboxylic acids is 1. The van der Waals surface area contributed by atoms with Crippen molar-refractivity contribution in [1.29, 1.82) is 0 Å². The van der Waals surface area contributed by atoms with Crippen LogP contribution in [0.2, 0.25) is 0 Å². The van der Waals surface area contributed by atoms with Crippen LogP contribution in [0.4, 0.5) is 4.79 Å². The summed E-state index contributed by atoms with van der Waals surface area (Å²) in [5.74, 6) is -0.927. The van der Waals surface area contributed by atoms with Gasteiger partial charge in [0.1, 0.15) is 6.61 Å². The van der Waals surface area contributed by atoms with Crippen molar-refractivity contribution in [3.05, 3.63) is 59.7 Å². The number of rotatable bonds is 9. The van der Waals surface area contributed by atoms with E-state index >= 15 is 0 Å². The van der Waals surface area contributed by atoms with E-state index in [1.165, 1.54) is 11.1 Å². The smallest absolute Gasteiger partial charge is 0.407 e. The van der Waals surface area contributed by atoms with E-state index in [2.05, 4.69) is 36.5 Å². The average molecular weight is 477 g/mol. The number of benzene rings is 2. The number of hydrogen-bond donors (Lipinski definition) is 2. The van der Waals surface area contributed by atoms with Gasteiger partial charge in [0.25, 0.3) is 0 Å². The second-order valence-electron chi connectivity index (χ2n) is 10.0. The van der Waals surface area contributed by atoms with E-state index in [4.69, 9.17) is 4.74 Å². The van der Waals surface area contributed by atoms with E-state index in [9.17, 15) is 19.5 Å². The SMILES string of the molecule is CCCC[C@@H](CC(=O)N1CC2C(C1)C2C(=O)O)NC(=O)OCC1c2ccccc2-c2ccccc21. The summed E-state index contributed by atoms with van der Waals surface area (Å²) in [6.45, 7) is 3.32. The minimum atomic E-state index is -0.759. The molecule has 2 aromatic carbocycles. The van der Waals surface area contributed by atoms with Crippen molar-refractivity contribution in [1.82, 2.24) is 10.2 Å². The molecule has 1 aliphatic heterocycles. The van der Waals surface area contributed by atoms with E-state index in [-0.39, 0.29) is 48.6 Å². The molecule has 35 heavy (non-hydrogen) atoms. The van der Waals surface area contributed by atoms with Crippen LogP contribution in [0.25, 0.3) is 11.1 Å². The summed E-state index contributed by atoms with van der Waals surface area (Å²) in [6, 6.07) is 16.1. The molecule has 2 aliphatic carbocycles. The Hall–Kier alpha value is -3.35. The number of fused-ring (bicyclic) bond motifs is 4.